The summed E-state index contributed by atoms with van der Waals surface area (Å²) in [5.74, 6) is 0. The van der Waals surface area contributed by atoms with Crippen LogP contribution in [0.5, 0.6) is 0 Å². The molecule has 1 aromatic rings. The van der Waals surface area contributed by atoms with Gasteiger partial charge in [0.1, 0.15) is 0 Å². The molecule has 3 rings (SSSR count). The maximum Gasteiger partial charge on any atom is 0.243 e. The van der Waals surface area contributed by atoms with Crippen LogP contribution in [0, 0.1) is 5.41 Å². The molecule has 2 aliphatic rings. The van der Waals surface area contributed by atoms with E-state index in [9.17, 15) is 8.42 Å². The van der Waals surface area contributed by atoms with Gasteiger partial charge in [-0.25, -0.2) is 8.42 Å². The fourth-order valence-corrected chi connectivity index (χ4v) is 5.58. The van der Waals surface area contributed by atoms with E-state index in [1.54, 1.807) is 10.4 Å². The van der Waals surface area contributed by atoms with E-state index >= 15 is 0 Å². The Balaban J connectivity index is 1.70. The van der Waals surface area contributed by atoms with Crippen molar-refractivity contribution in [3.05, 3.63) is 29.8 Å². The number of hydrogen-bond acceptors (Lipinski definition) is 4. The highest BCUT2D eigenvalue weighted by atomic mass is 32.2. The lowest BCUT2D eigenvalue weighted by atomic mass is 9.77. The van der Waals surface area contributed by atoms with Crippen LogP contribution in [0.4, 0.5) is 0 Å². The minimum atomic E-state index is -3.44. The molecule has 2 aliphatic heterocycles. The maximum absolute atomic E-state index is 13.0. The first-order valence-corrected chi connectivity index (χ1v) is 10.8. The Bertz CT molecular complexity index is 678. The van der Waals surface area contributed by atoms with Gasteiger partial charge in [0.15, 0.2) is 0 Å². The Labute approximate surface area is 152 Å². The highest BCUT2D eigenvalue weighted by Gasteiger charge is 2.38. The number of nitrogens with zero attached hydrogens (tertiary/aromatic N) is 2. The van der Waals surface area contributed by atoms with Gasteiger partial charge >= 0.3 is 0 Å². The van der Waals surface area contributed by atoms with Crippen LogP contribution in [0.2, 0.25) is 0 Å². The van der Waals surface area contributed by atoms with E-state index in [0.717, 1.165) is 18.7 Å². The fourth-order valence-electron chi connectivity index (χ4n) is 3.96. The molecular formula is C19H30N2O3S. The molecule has 2 fully saturated rings. The molecule has 0 bridgehead atoms. The van der Waals surface area contributed by atoms with Crippen LogP contribution < -0.4 is 0 Å². The summed E-state index contributed by atoms with van der Waals surface area (Å²) < 4.78 is 32.9. The van der Waals surface area contributed by atoms with Gasteiger partial charge in [0.05, 0.1) is 18.1 Å². The summed E-state index contributed by atoms with van der Waals surface area (Å²) in [6.45, 7) is 9.22. The summed E-state index contributed by atoms with van der Waals surface area (Å²) in [5.41, 5.74) is 1.31. The molecule has 6 heteroatoms. The van der Waals surface area contributed by atoms with Crippen LogP contribution in [0.3, 0.4) is 0 Å². The quantitative estimate of drug-likeness (QED) is 0.744. The predicted molar refractivity (Wildman–Crippen MR) is 98.9 cm³/mol. The van der Waals surface area contributed by atoms with E-state index in [4.69, 9.17) is 4.74 Å². The van der Waals surface area contributed by atoms with E-state index < -0.39 is 10.0 Å². The number of morpholine rings is 1. The Kier molecular flexibility index (Phi) is 5.83. The molecule has 0 unspecified atom stereocenters. The molecule has 0 saturated carbocycles. The molecule has 0 atom stereocenters. The van der Waals surface area contributed by atoms with E-state index in [0.29, 0.717) is 43.2 Å². The minimum Gasteiger partial charge on any atom is -0.379 e. The van der Waals surface area contributed by atoms with E-state index in [1.807, 2.05) is 18.2 Å². The number of sulfonamides is 1. The van der Waals surface area contributed by atoms with E-state index in [-0.39, 0.29) is 0 Å². The monoisotopic (exact) mass is 366 g/mol. The summed E-state index contributed by atoms with van der Waals surface area (Å²) >= 11 is 0. The fraction of sp³-hybridized carbons (Fsp3) is 0.684. The van der Waals surface area contributed by atoms with Crippen molar-refractivity contribution in [3.8, 4) is 0 Å². The molecule has 1 aromatic carbocycles. The number of likely N-dealkylation sites (tertiary alicyclic amines) is 1. The average molecular weight is 367 g/mol. The van der Waals surface area contributed by atoms with Gasteiger partial charge in [-0.3, -0.25) is 4.90 Å². The van der Waals surface area contributed by atoms with Gasteiger partial charge < -0.3 is 4.74 Å². The van der Waals surface area contributed by atoms with Crippen LogP contribution in [0.15, 0.2) is 29.2 Å². The summed E-state index contributed by atoms with van der Waals surface area (Å²) in [6, 6.07) is 7.45. The first kappa shape index (κ1) is 18.8. The molecule has 25 heavy (non-hydrogen) atoms. The smallest absolute Gasteiger partial charge is 0.243 e. The molecule has 0 radical (unpaired) electrons. The molecule has 0 aliphatic carbocycles. The largest absolute Gasteiger partial charge is 0.379 e. The molecule has 0 N–H and O–H groups in total. The minimum absolute atomic E-state index is 0.397. The van der Waals surface area contributed by atoms with Crippen LogP contribution in [0.25, 0.3) is 0 Å². The highest BCUT2D eigenvalue weighted by molar-refractivity contribution is 7.89. The predicted octanol–water partition coefficient (Wildman–Crippen LogP) is 2.72. The van der Waals surface area contributed by atoms with Crippen LogP contribution in [-0.2, 0) is 21.3 Å². The zero-order valence-corrected chi connectivity index (χ0v) is 16.2. The van der Waals surface area contributed by atoms with Gasteiger partial charge in [0, 0.05) is 32.7 Å². The number of unbranched alkanes of at least 4 members (excludes halogenated alkanes) is 1. The van der Waals surface area contributed by atoms with Crippen molar-refractivity contribution < 1.29 is 13.2 Å². The summed E-state index contributed by atoms with van der Waals surface area (Å²) in [7, 11) is -3.44. The SMILES string of the molecule is CCCCC1(C)CN(Cc2ccccc2S(=O)(=O)N2CCOCC2)C1. The number of ether oxygens (including phenoxy) is 1. The second-order valence-corrected chi connectivity index (χ2v) is 9.59. The lowest BCUT2D eigenvalue weighted by Gasteiger charge is -2.48. The molecule has 0 spiro atoms. The molecular weight excluding hydrogens is 336 g/mol. The normalized spacial score (nSPS) is 21.8. The van der Waals surface area contributed by atoms with Gasteiger partial charge in [-0.15, -0.1) is 0 Å². The lowest BCUT2D eigenvalue weighted by molar-refractivity contribution is 0.000354. The zero-order chi connectivity index (χ0) is 17.9. The van der Waals surface area contributed by atoms with Gasteiger partial charge in [0.25, 0.3) is 0 Å². The summed E-state index contributed by atoms with van der Waals surface area (Å²) in [4.78, 5) is 2.82. The summed E-state index contributed by atoms with van der Waals surface area (Å²) in [5, 5.41) is 0. The van der Waals surface area contributed by atoms with Crippen molar-refractivity contribution in [1.29, 1.82) is 0 Å². The Morgan fingerprint density at radius 1 is 1.16 bits per heavy atom. The van der Waals surface area contributed by atoms with Crippen molar-refractivity contribution in [1.82, 2.24) is 9.21 Å². The second kappa shape index (κ2) is 7.74. The Hall–Kier alpha value is -0.950. The third kappa shape index (κ3) is 4.25. The molecule has 0 aromatic heterocycles. The zero-order valence-electron chi connectivity index (χ0n) is 15.4. The topological polar surface area (TPSA) is 49.9 Å². The number of hydrogen-bond donors (Lipinski definition) is 0. The number of rotatable bonds is 7. The van der Waals surface area contributed by atoms with Gasteiger partial charge in [0.2, 0.25) is 10.0 Å². The Morgan fingerprint density at radius 3 is 2.52 bits per heavy atom. The first-order valence-electron chi connectivity index (χ1n) is 9.33. The molecule has 5 nitrogen and oxygen atoms in total. The average Bonchev–Trinajstić information content (AvgIpc) is 2.60. The molecule has 140 valence electrons. The first-order chi connectivity index (χ1) is 11.9. The van der Waals surface area contributed by atoms with Crippen molar-refractivity contribution >= 4 is 10.0 Å². The summed E-state index contributed by atoms with van der Waals surface area (Å²) in [6.07, 6.45) is 3.76. The van der Waals surface area contributed by atoms with E-state index in [2.05, 4.69) is 18.7 Å². The molecule has 2 heterocycles. The van der Waals surface area contributed by atoms with Gasteiger partial charge in [-0.05, 0) is 23.5 Å². The maximum atomic E-state index is 13.0. The highest BCUT2D eigenvalue weighted by Crippen LogP contribution is 2.36. The van der Waals surface area contributed by atoms with Crippen molar-refractivity contribution in [3.63, 3.8) is 0 Å². The van der Waals surface area contributed by atoms with Crippen LogP contribution in [0.1, 0.15) is 38.7 Å². The van der Waals surface area contributed by atoms with Crippen LogP contribution >= 0.6 is 0 Å². The third-order valence-electron chi connectivity index (χ3n) is 5.30. The second-order valence-electron chi connectivity index (χ2n) is 7.68. The third-order valence-corrected chi connectivity index (χ3v) is 7.30. The van der Waals surface area contributed by atoms with E-state index in [1.165, 1.54) is 19.3 Å². The van der Waals surface area contributed by atoms with Crippen molar-refractivity contribution in [2.45, 2.75) is 44.6 Å². The van der Waals surface area contributed by atoms with Crippen LogP contribution in [-0.4, -0.2) is 57.0 Å². The van der Waals surface area contributed by atoms with Gasteiger partial charge in [-0.2, -0.15) is 4.31 Å². The van der Waals surface area contributed by atoms with Crippen molar-refractivity contribution in [2.75, 3.05) is 39.4 Å². The molecule has 2 saturated heterocycles. The molecule has 0 amide bonds. The van der Waals surface area contributed by atoms with Gasteiger partial charge in [-0.1, -0.05) is 44.9 Å². The lowest BCUT2D eigenvalue weighted by Crippen LogP contribution is -2.54. The standard InChI is InChI=1S/C19H30N2O3S/c1-3-4-9-19(2)15-20(16-19)14-17-7-5-6-8-18(17)25(22,23)21-10-12-24-13-11-21/h5-8H,3-4,9-16H2,1-2H3. The number of benzene rings is 1. The Morgan fingerprint density at radius 2 is 1.84 bits per heavy atom. The van der Waals surface area contributed by atoms with Crippen molar-refractivity contribution in [2.24, 2.45) is 5.41 Å².